The minimum atomic E-state index is -0.195. The van der Waals surface area contributed by atoms with Gasteiger partial charge in [-0.2, -0.15) is 0 Å². The number of hydrogen-bond donors (Lipinski definition) is 1. The summed E-state index contributed by atoms with van der Waals surface area (Å²) in [6.07, 6.45) is 1.57. The minimum absolute atomic E-state index is 0.0871. The van der Waals surface area contributed by atoms with Crippen LogP contribution in [0.15, 0.2) is 65.8 Å². The van der Waals surface area contributed by atoms with Crippen LogP contribution >= 0.6 is 0 Å². The number of carbonyl (C=O) groups excluding carboxylic acids is 1. The molecule has 1 N–H and O–H groups in total. The highest BCUT2D eigenvalue weighted by atomic mass is 16.6. The molecule has 2 aromatic rings. The molecule has 0 saturated heterocycles. The van der Waals surface area contributed by atoms with Crippen molar-refractivity contribution in [3.05, 3.63) is 71.8 Å². The number of nitrogens with zero attached hydrogens (tertiary/aromatic N) is 1. The van der Waals surface area contributed by atoms with Gasteiger partial charge in [0.2, 0.25) is 0 Å². The van der Waals surface area contributed by atoms with E-state index in [-0.39, 0.29) is 12.5 Å². The highest BCUT2D eigenvalue weighted by molar-refractivity contribution is 5.79. The van der Waals surface area contributed by atoms with E-state index in [4.69, 9.17) is 4.84 Å². The van der Waals surface area contributed by atoms with Crippen molar-refractivity contribution in [1.29, 1.82) is 0 Å². The maximum absolute atomic E-state index is 11.5. The lowest BCUT2D eigenvalue weighted by Crippen LogP contribution is -2.26. The molecule has 2 rings (SSSR count). The Morgan fingerprint density at radius 2 is 1.70 bits per heavy atom. The highest BCUT2D eigenvalue weighted by Crippen LogP contribution is 1.97. The molecule has 0 fully saturated rings. The number of amides is 1. The van der Waals surface area contributed by atoms with Crippen LogP contribution < -0.4 is 5.32 Å². The monoisotopic (exact) mass is 268 g/mol. The molecule has 0 aliphatic carbocycles. The third-order valence-corrected chi connectivity index (χ3v) is 2.60. The Morgan fingerprint density at radius 3 is 2.40 bits per heavy atom. The summed E-state index contributed by atoms with van der Waals surface area (Å²) in [6, 6.07) is 19.3. The first-order valence-electron chi connectivity index (χ1n) is 6.35. The fourth-order valence-electron chi connectivity index (χ4n) is 1.58. The topological polar surface area (TPSA) is 50.7 Å². The van der Waals surface area contributed by atoms with Crippen LogP contribution in [0.1, 0.15) is 11.1 Å². The van der Waals surface area contributed by atoms with Crippen molar-refractivity contribution < 1.29 is 9.63 Å². The van der Waals surface area contributed by atoms with Gasteiger partial charge in [0.25, 0.3) is 5.91 Å². The van der Waals surface area contributed by atoms with Gasteiger partial charge >= 0.3 is 0 Å². The van der Waals surface area contributed by atoms with Gasteiger partial charge < -0.3 is 10.2 Å². The Bertz CT molecular complexity index is 553. The van der Waals surface area contributed by atoms with Gasteiger partial charge in [0.15, 0.2) is 6.61 Å². The standard InChI is InChI=1S/C16H16N2O2/c19-16(17-11-14-7-3-1-4-8-14)13-20-18-12-15-9-5-2-6-10-15/h1-10,12H,11,13H2,(H,17,19)/b18-12-. The Kier molecular flexibility index (Phi) is 5.34. The molecule has 20 heavy (non-hydrogen) atoms. The van der Waals surface area contributed by atoms with E-state index in [9.17, 15) is 4.79 Å². The first-order chi connectivity index (χ1) is 9.84. The smallest absolute Gasteiger partial charge is 0.261 e. The Labute approximate surface area is 118 Å². The average Bonchev–Trinajstić information content (AvgIpc) is 2.52. The molecule has 2 aromatic carbocycles. The van der Waals surface area contributed by atoms with E-state index >= 15 is 0 Å². The van der Waals surface area contributed by atoms with E-state index in [2.05, 4.69) is 10.5 Å². The number of carbonyl (C=O) groups is 1. The minimum Gasteiger partial charge on any atom is -0.386 e. The third kappa shape index (κ3) is 4.94. The number of nitrogens with one attached hydrogen (secondary N) is 1. The number of rotatable bonds is 6. The van der Waals surface area contributed by atoms with E-state index < -0.39 is 0 Å². The summed E-state index contributed by atoms with van der Waals surface area (Å²) in [6.45, 7) is 0.404. The lowest BCUT2D eigenvalue weighted by molar-refractivity contribution is -0.125. The van der Waals surface area contributed by atoms with Crippen LogP contribution in [-0.2, 0) is 16.2 Å². The molecule has 102 valence electrons. The maximum Gasteiger partial charge on any atom is 0.261 e. The molecule has 0 heterocycles. The van der Waals surface area contributed by atoms with Crippen molar-refractivity contribution in [1.82, 2.24) is 5.32 Å². The van der Waals surface area contributed by atoms with Crippen molar-refractivity contribution >= 4 is 12.1 Å². The molecule has 0 bridgehead atoms. The molecule has 0 saturated carbocycles. The van der Waals surface area contributed by atoms with Gasteiger partial charge in [0.05, 0.1) is 6.21 Å². The second-order valence-electron chi connectivity index (χ2n) is 4.18. The van der Waals surface area contributed by atoms with E-state index in [0.717, 1.165) is 11.1 Å². The predicted octanol–water partition coefficient (Wildman–Crippen LogP) is 2.35. The lowest BCUT2D eigenvalue weighted by Gasteiger charge is -2.04. The molecule has 4 heteroatoms. The van der Waals surface area contributed by atoms with Crippen LogP contribution in [0, 0.1) is 0 Å². The molecule has 4 nitrogen and oxygen atoms in total. The zero-order chi connectivity index (χ0) is 14.0. The molecule has 0 aliphatic rings. The van der Waals surface area contributed by atoms with Gasteiger partial charge in [0.1, 0.15) is 0 Å². The number of benzene rings is 2. The molecular formula is C16H16N2O2. The van der Waals surface area contributed by atoms with Gasteiger partial charge in [-0.05, 0) is 11.1 Å². The van der Waals surface area contributed by atoms with Crippen LogP contribution in [0.5, 0.6) is 0 Å². The molecule has 0 radical (unpaired) electrons. The van der Waals surface area contributed by atoms with Crippen LogP contribution in [0.4, 0.5) is 0 Å². The van der Waals surface area contributed by atoms with Crippen LogP contribution in [0.3, 0.4) is 0 Å². The molecule has 0 spiro atoms. The predicted molar refractivity (Wildman–Crippen MR) is 78.3 cm³/mol. The van der Waals surface area contributed by atoms with Crippen LogP contribution in [-0.4, -0.2) is 18.7 Å². The van der Waals surface area contributed by atoms with Crippen LogP contribution in [0.25, 0.3) is 0 Å². The maximum atomic E-state index is 11.5. The summed E-state index contributed by atoms with van der Waals surface area (Å²) in [5.41, 5.74) is 1.98. The molecule has 0 aliphatic heterocycles. The van der Waals surface area contributed by atoms with E-state index in [0.29, 0.717) is 6.54 Å². The second kappa shape index (κ2) is 7.74. The van der Waals surface area contributed by atoms with Gasteiger partial charge in [0, 0.05) is 6.54 Å². The second-order valence-corrected chi connectivity index (χ2v) is 4.18. The van der Waals surface area contributed by atoms with Gasteiger partial charge in [-0.3, -0.25) is 4.79 Å². The van der Waals surface area contributed by atoms with Gasteiger partial charge in [-0.1, -0.05) is 65.8 Å². The molecule has 0 atom stereocenters. The SMILES string of the molecule is O=C(CO/N=C\c1ccccc1)NCc1ccccc1. The molecule has 0 aromatic heterocycles. The molecule has 0 unspecified atom stereocenters. The lowest BCUT2D eigenvalue weighted by atomic mass is 10.2. The van der Waals surface area contributed by atoms with Gasteiger partial charge in [-0.15, -0.1) is 0 Å². The summed E-state index contributed by atoms with van der Waals surface area (Å²) < 4.78 is 0. The third-order valence-electron chi connectivity index (χ3n) is 2.60. The normalized spacial score (nSPS) is 10.4. The van der Waals surface area contributed by atoms with Gasteiger partial charge in [-0.25, -0.2) is 0 Å². The highest BCUT2D eigenvalue weighted by Gasteiger charge is 2.00. The van der Waals surface area contributed by atoms with Crippen molar-refractivity contribution in [2.24, 2.45) is 5.16 Å². The zero-order valence-corrected chi connectivity index (χ0v) is 11.0. The Balaban J connectivity index is 1.67. The first-order valence-corrected chi connectivity index (χ1v) is 6.35. The van der Waals surface area contributed by atoms with Crippen molar-refractivity contribution in [3.8, 4) is 0 Å². The van der Waals surface area contributed by atoms with E-state index in [1.165, 1.54) is 0 Å². The van der Waals surface area contributed by atoms with Crippen molar-refractivity contribution in [2.45, 2.75) is 6.54 Å². The number of hydrogen-bond acceptors (Lipinski definition) is 3. The average molecular weight is 268 g/mol. The Hall–Kier alpha value is -2.62. The quantitative estimate of drug-likeness (QED) is 0.646. The summed E-state index contributed by atoms with van der Waals surface area (Å²) in [5.74, 6) is -0.195. The van der Waals surface area contributed by atoms with Crippen molar-refractivity contribution in [3.63, 3.8) is 0 Å². The Morgan fingerprint density at radius 1 is 1.05 bits per heavy atom. The van der Waals surface area contributed by atoms with Crippen LogP contribution in [0.2, 0.25) is 0 Å². The van der Waals surface area contributed by atoms with Crippen molar-refractivity contribution in [2.75, 3.05) is 6.61 Å². The first kappa shape index (κ1) is 13.8. The van der Waals surface area contributed by atoms with E-state index in [1.807, 2.05) is 60.7 Å². The number of oxime groups is 1. The molecular weight excluding hydrogens is 252 g/mol. The fraction of sp³-hybridized carbons (Fsp3) is 0.125. The zero-order valence-electron chi connectivity index (χ0n) is 11.0. The summed E-state index contributed by atoms with van der Waals surface area (Å²) in [5, 5.41) is 6.51. The summed E-state index contributed by atoms with van der Waals surface area (Å²) in [7, 11) is 0. The summed E-state index contributed by atoms with van der Waals surface area (Å²) >= 11 is 0. The van der Waals surface area contributed by atoms with E-state index in [1.54, 1.807) is 6.21 Å². The largest absolute Gasteiger partial charge is 0.386 e. The molecule has 1 amide bonds. The summed E-state index contributed by atoms with van der Waals surface area (Å²) in [4.78, 5) is 16.5. The fourth-order valence-corrected chi connectivity index (χ4v) is 1.58.